The van der Waals surface area contributed by atoms with Gasteiger partial charge in [0.1, 0.15) is 0 Å². The molecule has 0 N–H and O–H groups in total. The Morgan fingerprint density at radius 1 is 0.676 bits per heavy atom. The lowest BCUT2D eigenvalue weighted by molar-refractivity contribution is 0.462. The molecule has 3 atom stereocenters. The molecule has 34 heavy (non-hydrogen) atoms. The van der Waals surface area contributed by atoms with Crippen molar-refractivity contribution in [3.63, 3.8) is 0 Å². The van der Waals surface area contributed by atoms with E-state index in [1.807, 2.05) is 23.5 Å². The largest absolute Gasteiger partial charge is 0.0915 e. The summed E-state index contributed by atoms with van der Waals surface area (Å²) in [4.78, 5) is 5.68. The first kappa shape index (κ1) is 19.8. The van der Waals surface area contributed by atoms with Gasteiger partial charge in [-0.2, -0.15) is 0 Å². The lowest BCUT2D eigenvalue weighted by Gasteiger charge is -2.39. The van der Waals surface area contributed by atoms with Crippen LogP contribution in [0.5, 0.6) is 0 Å². The molecule has 1 aliphatic heterocycles. The fraction of sp³-hybridized carbons (Fsp3) is 0.0968. The van der Waals surface area contributed by atoms with Crippen LogP contribution in [0, 0.1) is 5.92 Å². The lowest BCUT2D eigenvalue weighted by atomic mass is 9.65. The molecule has 3 unspecified atom stereocenters. The molecular weight excluding hydrogens is 516 g/mol. The van der Waals surface area contributed by atoms with Crippen LogP contribution in [0.2, 0.25) is 0 Å². The normalized spacial score (nSPS) is 24.9. The fourth-order valence-electron chi connectivity index (χ4n) is 6.72. The lowest BCUT2D eigenvalue weighted by Crippen LogP contribution is -2.34. The molecule has 4 aromatic rings. The van der Waals surface area contributed by atoms with Crippen molar-refractivity contribution < 1.29 is 0 Å². The predicted molar refractivity (Wildman–Crippen MR) is 146 cm³/mol. The summed E-state index contributed by atoms with van der Waals surface area (Å²) in [7, 11) is 0. The quantitative estimate of drug-likeness (QED) is 0.220. The van der Waals surface area contributed by atoms with E-state index in [1.165, 1.54) is 53.0 Å². The van der Waals surface area contributed by atoms with E-state index in [1.54, 1.807) is 0 Å². The first-order valence-electron chi connectivity index (χ1n) is 11.6. The van der Waals surface area contributed by atoms with Crippen LogP contribution in [0.4, 0.5) is 0 Å². The molecule has 0 radical (unpaired) electrons. The number of fused-ring (bicyclic) bond motifs is 12. The van der Waals surface area contributed by atoms with Gasteiger partial charge in [0.15, 0.2) is 0 Å². The van der Waals surface area contributed by atoms with Crippen LogP contribution in [-0.2, 0) is 5.41 Å². The standard InChI is InChI=1S/C31H19BrS2/c32-18-13-14-20-19-7-1-3-9-22(19)31(25(20)17-18)23-10-4-2-8-21(23)29-24(31)15-16-28-30(29)34-27-12-6-5-11-26(27)33-28/h1-17,24,29H. The third-order valence-corrected chi connectivity index (χ3v) is 11.1. The third-order valence-electron chi connectivity index (χ3n) is 7.90. The van der Waals surface area contributed by atoms with Gasteiger partial charge in [0.05, 0.1) is 5.41 Å². The molecule has 162 valence electrons. The number of allylic oxidation sites excluding steroid dienone is 3. The molecule has 1 spiro atoms. The summed E-state index contributed by atoms with van der Waals surface area (Å²) < 4.78 is 1.15. The molecule has 0 fully saturated rings. The highest BCUT2D eigenvalue weighted by Gasteiger charge is 2.59. The third kappa shape index (κ3) is 2.38. The molecule has 4 aliphatic rings. The Bertz CT molecular complexity index is 1600. The number of benzene rings is 4. The van der Waals surface area contributed by atoms with Crippen molar-refractivity contribution in [3.8, 4) is 11.1 Å². The van der Waals surface area contributed by atoms with Crippen molar-refractivity contribution in [1.29, 1.82) is 0 Å². The molecule has 8 rings (SSSR count). The zero-order valence-corrected chi connectivity index (χ0v) is 21.4. The molecule has 0 bridgehead atoms. The second-order valence-electron chi connectivity index (χ2n) is 9.37. The van der Waals surface area contributed by atoms with E-state index in [0.717, 1.165) is 4.47 Å². The predicted octanol–water partition coefficient (Wildman–Crippen LogP) is 9.16. The monoisotopic (exact) mass is 534 g/mol. The van der Waals surface area contributed by atoms with Crippen LogP contribution < -0.4 is 0 Å². The molecule has 4 aromatic carbocycles. The van der Waals surface area contributed by atoms with Crippen LogP contribution in [0.15, 0.2) is 127 Å². The number of rotatable bonds is 0. The Kier molecular flexibility index (Phi) is 4.10. The van der Waals surface area contributed by atoms with E-state index in [2.05, 4.69) is 119 Å². The van der Waals surface area contributed by atoms with Crippen LogP contribution in [0.1, 0.15) is 28.2 Å². The number of thioether (sulfide) groups is 2. The van der Waals surface area contributed by atoms with Crippen LogP contribution in [-0.4, -0.2) is 0 Å². The van der Waals surface area contributed by atoms with Gasteiger partial charge in [-0.25, -0.2) is 0 Å². The van der Waals surface area contributed by atoms with Crippen molar-refractivity contribution in [1.82, 2.24) is 0 Å². The zero-order valence-electron chi connectivity index (χ0n) is 18.2. The fourth-order valence-corrected chi connectivity index (χ4v) is 9.63. The van der Waals surface area contributed by atoms with Crippen LogP contribution >= 0.6 is 39.5 Å². The number of hydrogen-bond donors (Lipinski definition) is 0. The molecule has 0 amide bonds. The summed E-state index contributed by atoms with van der Waals surface area (Å²) >= 11 is 7.73. The molecular formula is C31H19BrS2. The summed E-state index contributed by atoms with van der Waals surface area (Å²) in [6.07, 6.45) is 4.94. The van der Waals surface area contributed by atoms with E-state index >= 15 is 0 Å². The molecule has 0 nitrogen and oxygen atoms in total. The maximum Gasteiger partial charge on any atom is 0.0538 e. The summed E-state index contributed by atoms with van der Waals surface area (Å²) in [6, 6.07) is 34.0. The highest BCUT2D eigenvalue weighted by molar-refractivity contribution is 9.10. The van der Waals surface area contributed by atoms with Gasteiger partial charge in [-0.3, -0.25) is 0 Å². The van der Waals surface area contributed by atoms with E-state index in [-0.39, 0.29) is 5.41 Å². The first-order chi connectivity index (χ1) is 16.8. The topological polar surface area (TPSA) is 0 Å². The van der Waals surface area contributed by atoms with Crippen molar-refractivity contribution in [2.75, 3.05) is 0 Å². The minimum absolute atomic E-state index is 0.172. The van der Waals surface area contributed by atoms with Crippen LogP contribution in [0.25, 0.3) is 11.1 Å². The highest BCUT2D eigenvalue weighted by Crippen LogP contribution is 2.69. The molecule has 0 saturated carbocycles. The summed E-state index contributed by atoms with van der Waals surface area (Å²) in [6.45, 7) is 0. The summed E-state index contributed by atoms with van der Waals surface area (Å²) in [5.74, 6) is 0.707. The Hall–Kier alpha value is -2.46. The highest BCUT2D eigenvalue weighted by atomic mass is 79.9. The number of halogens is 1. The van der Waals surface area contributed by atoms with E-state index in [9.17, 15) is 0 Å². The van der Waals surface area contributed by atoms with Gasteiger partial charge < -0.3 is 0 Å². The Labute approximate surface area is 216 Å². The molecule has 0 saturated heterocycles. The van der Waals surface area contributed by atoms with E-state index in [4.69, 9.17) is 0 Å². The van der Waals surface area contributed by atoms with E-state index in [0.29, 0.717) is 11.8 Å². The van der Waals surface area contributed by atoms with Crippen LogP contribution in [0.3, 0.4) is 0 Å². The summed E-state index contributed by atoms with van der Waals surface area (Å²) in [5, 5.41) is 0. The zero-order chi connectivity index (χ0) is 22.4. The molecule has 0 aromatic heterocycles. The van der Waals surface area contributed by atoms with Gasteiger partial charge in [0.2, 0.25) is 0 Å². The van der Waals surface area contributed by atoms with Gasteiger partial charge in [0.25, 0.3) is 0 Å². The van der Waals surface area contributed by atoms with E-state index < -0.39 is 0 Å². The maximum absolute atomic E-state index is 3.81. The van der Waals surface area contributed by atoms with Gasteiger partial charge in [0, 0.05) is 35.9 Å². The maximum atomic E-state index is 3.81. The minimum Gasteiger partial charge on any atom is -0.0915 e. The molecule has 3 aliphatic carbocycles. The Morgan fingerprint density at radius 3 is 2.26 bits per heavy atom. The molecule has 3 heteroatoms. The SMILES string of the molecule is Brc1ccc2c(c1)C1(c3ccccc3-2)c2ccccc2C2C3=C(C=CC21)Sc1ccccc1S3. The summed E-state index contributed by atoms with van der Waals surface area (Å²) in [5.41, 5.74) is 8.42. The van der Waals surface area contributed by atoms with Crippen molar-refractivity contribution in [3.05, 3.63) is 140 Å². The van der Waals surface area contributed by atoms with Gasteiger partial charge in [-0.1, -0.05) is 118 Å². The Morgan fingerprint density at radius 2 is 1.38 bits per heavy atom. The first-order valence-corrected chi connectivity index (χ1v) is 14.1. The Balaban J connectivity index is 1.43. The van der Waals surface area contributed by atoms with Crippen molar-refractivity contribution >= 4 is 39.5 Å². The van der Waals surface area contributed by atoms with Crippen molar-refractivity contribution in [2.45, 2.75) is 21.1 Å². The van der Waals surface area contributed by atoms with Gasteiger partial charge in [-0.05, 0) is 57.6 Å². The van der Waals surface area contributed by atoms with Gasteiger partial charge in [-0.15, -0.1) is 0 Å². The minimum atomic E-state index is -0.172. The van der Waals surface area contributed by atoms with Crippen molar-refractivity contribution in [2.24, 2.45) is 5.92 Å². The smallest absolute Gasteiger partial charge is 0.0538 e. The van der Waals surface area contributed by atoms with Gasteiger partial charge >= 0.3 is 0 Å². The number of hydrogen-bond acceptors (Lipinski definition) is 2. The second-order valence-corrected chi connectivity index (χ2v) is 12.5. The second kappa shape index (κ2) is 7.04. The molecule has 1 heterocycles. The average Bonchev–Trinajstić information content (AvgIpc) is 3.34. The average molecular weight is 536 g/mol.